The van der Waals surface area contributed by atoms with Gasteiger partial charge in [0, 0.05) is 36.0 Å². The third kappa shape index (κ3) is 3.66. The van der Waals surface area contributed by atoms with E-state index in [1.165, 1.54) is 0 Å². The summed E-state index contributed by atoms with van der Waals surface area (Å²) in [7, 11) is 1.67. The summed E-state index contributed by atoms with van der Waals surface area (Å²) in [5.74, 6) is 0.794. The van der Waals surface area contributed by atoms with E-state index in [2.05, 4.69) is 56.4 Å². The number of methoxy groups -OCH3 is 1. The Labute approximate surface area is 186 Å². The molecule has 1 N–H and O–H groups in total. The predicted molar refractivity (Wildman–Crippen MR) is 127 cm³/mol. The number of anilines is 1. The number of hydrogen-bond acceptors (Lipinski definition) is 3. The van der Waals surface area contributed by atoms with Crippen LogP contribution >= 0.6 is 12.2 Å². The second kappa shape index (κ2) is 8.24. The maximum atomic E-state index is 5.80. The van der Waals surface area contributed by atoms with Crippen LogP contribution in [0.5, 0.6) is 5.75 Å². The van der Waals surface area contributed by atoms with E-state index >= 15 is 0 Å². The van der Waals surface area contributed by atoms with Crippen molar-refractivity contribution in [1.29, 1.82) is 0 Å². The van der Waals surface area contributed by atoms with Crippen molar-refractivity contribution < 1.29 is 4.74 Å². The van der Waals surface area contributed by atoms with E-state index in [-0.39, 0.29) is 12.1 Å². The maximum Gasteiger partial charge on any atom is 0.174 e. The fraction of sp³-hybridized carbons (Fsp3) is 0.120. The van der Waals surface area contributed by atoms with Crippen LogP contribution in [-0.2, 0) is 0 Å². The molecule has 0 bridgehead atoms. The summed E-state index contributed by atoms with van der Waals surface area (Å²) in [6.45, 7) is 0. The molecule has 5 rings (SSSR count). The lowest BCUT2D eigenvalue weighted by Gasteiger charge is -2.27. The quantitative estimate of drug-likeness (QED) is 0.452. The Bertz CT molecular complexity index is 1190. The van der Waals surface area contributed by atoms with Crippen molar-refractivity contribution in [3.63, 3.8) is 0 Å². The van der Waals surface area contributed by atoms with Gasteiger partial charge in [-0.25, -0.2) is 0 Å². The van der Waals surface area contributed by atoms with Gasteiger partial charge in [-0.05, 0) is 60.2 Å². The number of para-hydroxylation sites is 1. The van der Waals surface area contributed by atoms with Gasteiger partial charge in [0.1, 0.15) is 5.75 Å². The van der Waals surface area contributed by atoms with E-state index in [0.717, 1.165) is 28.4 Å². The van der Waals surface area contributed by atoms with Gasteiger partial charge in [-0.15, -0.1) is 0 Å². The van der Waals surface area contributed by atoms with Crippen LogP contribution in [-0.4, -0.2) is 21.8 Å². The van der Waals surface area contributed by atoms with E-state index in [1.807, 2.05) is 60.8 Å². The minimum atomic E-state index is -0.0773. The molecule has 0 saturated carbocycles. The molecule has 31 heavy (non-hydrogen) atoms. The van der Waals surface area contributed by atoms with Gasteiger partial charge < -0.3 is 19.5 Å². The standard InChI is InChI=1S/C25H22N4OS/c1-30-21-11-7-10-20(16-21)29-24(23(27-25(29)31)22-12-5-6-14-26-22)18-13-15-28(17-18)19-8-3-2-4-9-19/h2-17,23-24H,1H3,(H,27,31)/t23-,24+/m0/s1. The van der Waals surface area contributed by atoms with Crippen molar-refractivity contribution in [3.05, 3.63) is 109 Å². The highest BCUT2D eigenvalue weighted by molar-refractivity contribution is 7.80. The van der Waals surface area contributed by atoms with E-state index in [9.17, 15) is 0 Å². The number of benzene rings is 2. The third-order valence-electron chi connectivity index (χ3n) is 5.54. The fourth-order valence-corrected chi connectivity index (χ4v) is 4.43. The van der Waals surface area contributed by atoms with E-state index in [4.69, 9.17) is 17.0 Å². The van der Waals surface area contributed by atoms with Crippen LogP contribution in [0, 0.1) is 0 Å². The number of aromatic nitrogens is 2. The van der Waals surface area contributed by atoms with Crippen molar-refractivity contribution >= 4 is 23.0 Å². The first kappa shape index (κ1) is 19.3. The molecule has 0 amide bonds. The highest BCUT2D eigenvalue weighted by atomic mass is 32.1. The first-order valence-electron chi connectivity index (χ1n) is 10.1. The van der Waals surface area contributed by atoms with Gasteiger partial charge in [-0.2, -0.15) is 0 Å². The number of thiocarbonyl (C=S) groups is 1. The van der Waals surface area contributed by atoms with Crippen LogP contribution in [0.15, 0.2) is 97.5 Å². The first-order chi connectivity index (χ1) is 15.2. The molecule has 2 aromatic carbocycles. The third-order valence-corrected chi connectivity index (χ3v) is 5.86. The molecule has 0 aliphatic carbocycles. The number of rotatable bonds is 5. The van der Waals surface area contributed by atoms with Crippen LogP contribution in [0.25, 0.3) is 5.69 Å². The Morgan fingerprint density at radius 3 is 2.52 bits per heavy atom. The number of ether oxygens (including phenoxy) is 1. The first-order valence-corrected chi connectivity index (χ1v) is 10.5. The summed E-state index contributed by atoms with van der Waals surface area (Å²) in [6, 6.07) is 26.3. The van der Waals surface area contributed by atoms with Gasteiger partial charge in [-0.1, -0.05) is 30.3 Å². The largest absolute Gasteiger partial charge is 0.497 e. The van der Waals surface area contributed by atoms with Gasteiger partial charge in [0.05, 0.1) is 24.9 Å². The molecule has 0 radical (unpaired) electrons. The van der Waals surface area contributed by atoms with Crippen molar-refractivity contribution in [1.82, 2.24) is 14.9 Å². The fourth-order valence-electron chi connectivity index (χ4n) is 4.08. The lowest BCUT2D eigenvalue weighted by Crippen LogP contribution is -2.29. The van der Waals surface area contributed by atoms with Gasteiger partial charge in [0.2, 0.25) is 0 Å². The van der Waals surface area contributed by atoms with Gasteiger partial charge >= 0.3 is 0 Å². The van der Waals surface area contributed by atoms with E-state index in [1.54, 1.807) is 7.11 Å². The second-order valence-electron chi connectivity index (χ2n) is 7.39. The Hall–Kier alpha value is -3.64. The topological polar surface area (TPSA) is 42.3 Å². The molecule has 0 unspecified atom stereocenters. The minimum Gasteiger partial charge on any atom is -0.497 e. The molecular weight excluding hydrogens is 404 g/mol. The minimum absolute atomic E-state index is 0.0560. The number of nitrogens with zero attached hydrogens (tertiary/aromatic N) is 3. The smallest absolute Gasteiger partial charge is 0.174 e. The maximum absolute atomic E-state index is 5.80. The van der Waals surface area contributed by atoms with Crippen molar-refractivity contribution in [2.45, 2.75) is 12.1 Å². The molecule has 1 aliphatic rings. The van der Waals surface area contributed by atoms with Gasteiger partial charge in [-0.3, -0.25) is 4.98 Å². The Kier molecular flexibility index (Phi) is 5.14. The normalized spacial score (nSPS) is 18.1. The van der Waals surface area contributed by atoms with Crippen LogP contribution in [0.1, 0.15) is 23.3 Å². The van der Waals surface area contributed by atoms with Gasteiger partial charge in [0.25, 0.3) is 0 Å². The summed E-state index contributed by atoms with van der Waals surface area (Å²) >= 11 is 5.80. The summed E-state index contributed by atoms with van der Waals surface area (Å²) < 4.78 is 7.59. The zero-order valence-electron chi connectivity index (χ0n) is 17.1. The summed E-state index contributed by atoms with van der Waals surface area (Å²) in [4.78, 5) is 6.77. The van der Waals surface area contributed by atoms with Crippen LogP contribution in [0.2, 0.25) is 0 Å². The van der Waals surface area contributed by atoms with Crippen LogP contribution in [0.3, 0.4) is 0 Å². The molecule has 1 fully saturated rings. The average Bonchev–Trinajstić information content (AvgIpc) is 3.45. The highest BCUT2D eigenvalue weighted by Crippen LogP contribution is 2.42. The average molecular weight is 427 g/mol. The SMILES string of the molecule is COc1cccc(N2C(=S)N[C@@H](c3ccccn3)[C@H]2c2ccn(-c3ccccc3)c2)c1. The lowest BCUT2D eigenvalue weighted by atomic mass is 9.98. The van der Waals surface area contributed by atoms with E-state index in [0.29, 0.717) is 5.11 Å². The molecule has 154 valence electrons. The molecule has 2 atom stereocenters. The second-order valence-corrected chi connectivity index (χ2v) is 7.77. The van der Waals surface area contributed by atoms with E-state index < -0.39 is 0 Å². The molecular formula is C25H22N4OS. The molecule has 2 aromatic heterocycles. The Balaban J connectivity index is 1.61. The van der Waals surface area contributed by atoms with Crippen molar-refractivity contribution in [2.24, 2.45) is 0 Å². The monoisotopic (exact) mass is 426 g/mol. The highest BCUT2D eigenvalue weighted by Gasteiger charge is 2.41. The molecule has 4 aromatic rings. The number of hydrogen-bond donors (Lipinski definition) is 1. The zero-order valence-corrected chi connectivity index (χ0v) is 17.9. The molecule has 1 saturated heterocycles. The molecule has 0 spiro atoms. The Morgan fingerprint density at radius 1 is 0.935 bits per heavy atom. The molecule has 3 heterocycles. The summed E-state index contributed by atoms with van der Waals surface area (Å²) in [6.07, 6.45) is 6.07. The summed E-state index contributed by atoms with van der Waals surface area (Å²) in [5.41, 5.74) is 4.19. The lowest BCUT2D eigenvalue weighted by molar-refractivity contribution is 0.415. The molecule has 5 nitrogen and oxygen atoms in total. The van der Waals surface area contributed by atoms with Crippen molar-refractivity contribution in [3.8, 4) is 11.4 Å². The predicted octanol–water partition coefficient (Wildman–Crippen LogP) is 5.06. The van der Waals surface area contributed by atoms with Crippen LogP contribution in [0.4, 0.5) is 5.69 Å². The zero-order chi connectivity index (χ0) is 21.2. The van der Waals surface area contributed by atoms with Crippen LogP contribution < -0.4 is 15.0 Å². The number of pyridine rings is 1. The molecule has 6 heteroatoms. The number of nitrogens with one attached hydrogen (secondary N) is 1. The Morgan fingerprint density at radius 2 is 1.74 bits per heavy atom. The summed E-state index contributed by atoms with van der Waals surface area (Å²) in [5, 5.41) is 4.17. The van der Waals surface area contributed by atoms with Gasteiger partial charge in [0.15, 0.2) is 5.11 Å². The molecule has 1 aliphatic heterocycles. The van der Waals surface area contributed by atoms with Crippen molar-refractivity contribution in [2.75, 3.05) is 12.0 Å².